The molecular formula is C4H7N3O2S. The molecule has 0 atom stereocenters. The number of nitrogens with zero attached hydrogens (tertiary/aromatic N) is 1. The fourth-order valence-electron chi connectivity index (χ4n) is 0.494. The van der Waals surface area contributed by atoms with Gasteiger partial charge in [-0.3, -0.25) is 0 Å². The average Bonchev–Trinajstić information content (AvgIpc) is 2.38. The summed E-state index contributed by atoms with van der Waals surface area (Å²) < 4.78 is 23.8. The summed E-state index contributed by atoms with van der Waals surface area (Å²) in [6.07, 6.45) is 2.83. The summed E-state index contributed by atoms with van der Waals surface area (Å²) in [5.74, 6) is 0. The SMILES string of the molecule is CNS(=O)(=O)c1ncc[nH]1. The van der Waals surface area contributed by atoms with Gasteiger partial charge in [-0.1, -0.05) is 0 Å². The molecule has 10 heavy (non-hydrogen) atoms. The Balaban J connectivity index is 3.09. The van der Waals surface area contributed by atoms with Crippen LogP contribution in [0.25, 0.3) is 0 Å². The summed E-state index contributed by atoms with van der Waals surface area (Å²) in [5, 5.41) is -0.0602. The number of sulfonamides is 1. The number of H-pyrrole nitrogens is 1. The Morgan fingerprint density at radius 2 is 2.40 bits per heavy atom. The second-order valence-corrected chi connectivity index (χ2v) is 3.40. The highest BCUT2D eigenvalue weighted by Gasteiger charge is 2.12. The summed E-state index contributed by atoms with van der Waals surface area (Å²) in [5.41, 5.74) is 0. The largest absolute Gasteiger partial charge is 0.334 e. The van der Waals surface area contributed by atoms with Crippen molar-refractivity contribution in [2.75, 3.05) is 7.05 Å². The van der Waals surface area contributed by atoms with Gasteiger partial charge in [0.2, 0.25) is 5.16 Å². The minimum absolute atomic E-state index is 0.0602. The molecule has 0 fully saturated rings. The van der Waals surface area contributed by atoms with Crippen LogP contribution in [0.15, 0.2) is 17.6 Å². The fourth-order valence-corrected chi connectivity index (χ4v) is 1.11. The topological polar surface area (TPSA) is 74.8 Å². The van der Waals surface area contributed by atoms with E-state index in [-0.39, 0.29) is 5.16 Å². The van der Waals surface area contributed by atoms with Gasteiger partial charge >= 0.3 is 0 Å². The zero-order chi connectivity index (χ0) is 7.61. The van der Waals surface area contributed by atoms with E-state index in [0.29, 0.717) is 0 Å². The summed E-state index contributed by atoms with van der Waals surface area (Å²) in [7, 11) is -2.04. The predicted octanol–water partition coefficient (Wildman–Crippen LogP) is -0.682. The Hall–Kier alpha value is -0.880. The van der Waals surface area contributed by atoms with Crippen molar-refractivity contribution in [2.24, 2.45) is 0 Å². The molecule has 0 bridgehead atoms. The summed E-state index contributed by atoms with van der Waals surface area (Å²) in [6, 6.07) is 0. The smallest absolute Gasteiger partial charge is 0.274 e. The van der Waals surface area contributed by atoms with E-state index in [1.807, 2.05) is 0 Å². The van der Waals surface area contributed by atoms with E-state index in [1.54, 1.807) is 0 Å². The molecule has 1 aromatic heterocycles. The van der Waals surface area contributed by atoms with Crippen LogP contribution in [-0.4, -0.2) is 25.4 Å². The van der Waals surface area contributed by atoms with Crippen molar-refractivity contribution < 1.29 is 8.42 Å². The van der Waals surface area contributed by atoms with Gasteiger partial charge in [-0.15, -0.1) is 0 Å². The minimum atomic E-state index is -3.37. The number of aromatic amines is 1. The normalized spacial score (nSPS) is 11.7. The Bertz CT molecular complexity index is 288. The third kappa shape index (κ3) is 1.17. The van der Waals surface area contributed by atoms with E-state index >= 15 is 0 Å². The van der Waals surface area contributed by atoms with Crippen molar-refractivity contribution in [3.05, 3.63) is 12.4 Å². The lowest BCUT2D eigenvalue weighted by atomic mass is 11.0. The van der Waals surface area contributed by atoms with Gasteiger partial charge in [0.25, 0.3) is 10.0 Å². The van der Waals surface area contributed by atoms with Crippen LogP contribution >= 0.6 is 0 Å². The van der Waals surface area contributed by atoms with Crippen molar-refractivity contribution in [1.82, 2.24) is 14.7 Å². The molecule has 0 aliphatic heterocycles. The minimum Gasteiger partial charge on any atom is -0.334 e. The van der Waals surface area contributed by atoms with Crippen LogP contribution in [0.3, 0.4) is 0 Å². The van der Waals surface area contributed by atoms with Crippen LogP contribution in [0, 0.1) is 0 Å². The van der Waals surface area contributed by atoms with E-state index in [4.69, 9.17) is 0 Å². The summed E-state index contributed by atoms with van der Waals surface area (Å²) in [6.45, 7) is 0. The van der Waals surface area contributed by atoms with Crippen molar-refractivity contribution in [1.29, 1.82) is 0 Å². The lowest BCUT2D eigenvalue weighted by Gasteiger charge is -1.94. The van der Waals surface area contributed by atoms with Crippen molar-refractivity contribution in [2.45, 2.75) is 5.16 Å². The first-order chi connectivity index (χ1) is 4.67. The van der Waals surface area contributed by atoms with Gasteiger partial charge in [0.05, 0.1) is 0 Å². The van der Waals surface area contributed by atoms with Gasteiger partial charge in [-0.25, -0.2) is 18.1 Å². The van der Waals surface area contributed by atoms with E-state index in [2.05, 4.69) is 14.7 Å². The Kier molecular flexibility index (Phi) is 1.73. The van der Waals surface area contributed by atoms with Gasteiger partial charge in [-0.2, -0.15) is 0 Å². The molecular weight excluding hydrogens is 154 g/mol. The van der Waals surface area contributed by atoms with Gasteiger partial charge < -0.3 is 4.98 Å². The van der Waals surface area contributed by atoms with Crippen LogP contribution in [-0.2, 0) is 10.0 Å². The van der Waals surface area contributed by atoms with E-state index in [1.165, 1.54) is 19.4 Å². The van der Waals surface area contributed by atoms with Crippen molar-refractivity contribution in [3.8, 4) is 0 Å². The van der Waals surface area contributed by atoms with Gasteiger partial charge in [0.1, 0.15) is 0 Å². The molecule has 0 radical (unpaired) electrons. The number of nitrogens with one attached hydrogen (secondary N) is 2. The molecule has 0 spiro atoms. The molecule has 2 N–H and O–H groups in total. The number of rotatable bonds is 2. The third-order valence-corrected chi connectivity index (χ3v) is 2.27. The quantitative estimate of drug-likeness (QED) is 0.603. The van der Waals surface area contributed by atoms with Crippen LogP contribution in [0.4, 0.5) is 0 Å². The molecule has 0 amide bonds. The monoisotopic (exact) mass is 161 g/mol. The molecule has 0 aliphatic rings. The Labute approximate surface area is 58.5 Å². The first-order valence-electron chi connectivity index (χ1n) is 2.60. The lowest BCUT2D eigenvalue weighted by molar-refractivity contribution is 0.581. The molecule has 1 rings (SSSR count). The standard InChI is InChI=1S/C4H7N3O2S/c1-5-10(8,9)4-6-2-3-7-4/h2-3,5H,1H3,(H,6,7). The number of aromatic nitrogens is 2. The highest BCUT2D eigenvalue weighted by atomic mass is 32.2. The van der Waals surface area contributed by atoms with Gasteiger partial charge in [0.15, 0.2) is 0 Å². The highest BCUT2D eigenvalue weighted by molar-refractivity contribution is 7.89. The van der Waals surface area contributed by atoms with Crippen LogP contribution < -0.4 is 4.72 Å². The third-order valence-electron chi connectivity index (χ3n) is 0.996. The van der Waals surface area contributed by atoms with Gasteiger partial charge in [-0.05, 0) is 7.05 Å². The molecule has 0 saturated heterocycles. The zero-order valence-electron chi connectivity index (χ0n) is 5.33. The average molecular weight is 161 g/mol. The number of hydrogen-bond donors (Lipinski definition) is 2. The van der Waals surface area contributed by atoms with E-state index in [0.717, 1.165) is 0 Å². The first-order valence-corrected chi connectivity index (χ1v) is 4.08. The maximum atomic E-state index is 10.9. The highest BCUT2D eigenvalue weighted by Crippen LogP contribution is 1.96. The maximum Gasteiger partial charge on any atom is 0.274 e. The molecule has 1 aromatic rings. The van der Waals surface area contributed by atoms with Crippen LogP contribution in [0.2, 0.25) is 0 Å². The number of hydrogen-bond acceptors (Lipinski definition) is 3. The van der Waals surface area contributed by atoms with Crippen molar-refractivity contribution in [3.63, 3.8) is 0 Å². The molecule has 1 heterocycles. The second-order valence-electron chi connectivity index (χ2n) is 1.60. The van der Waals surface area contributed by atoms with Crippen LogP contribution in [0.1, 0.15) is 0 Å². The van der Waals surface area contributed by atoms with Crippen molar-refractivity contribution >= 4 is 10.0 Å². The Morgan fingerprint density at radius 3 is 2.80 bits per heavy atom. The predicted molar refractivity (Wildman–Crippen MR) is 34.8 cm³/mol. The Morgan fingerprint density at radius 1 is 1.70 bits per heavy atom. The summed E-state index contributed by atoms with van der Waals surface area (Å²) in [4.78, 5) is 6.02. The molecule has 5 nitrogen and oxygen atoms in total. The molecule has 0 unspecified atom stereocenters. The van der Waals surface area contributed by atoms with Crippen LogP contribution in [0.5, 0.6) is 0 Å². The second kappa shape index (κ2) is 2.39. The maximum absolute atomic E-state index is 10.9. The lowest BCUT2D eigenvalue weighted by Crippen LogP contribution is -2.19. The first kappa shape index (κ1) is 7.23. The van der Waals surface area contributed by atoms with E-state index < -0.39 is 10.0 Å². The fraction of sp³-hybridized carbons (Fsp3) is 0.250. The van der Waals surface area contributed by atoms with Gasteiger partial charge in [0, 0.05) is 12.4 Å². The molecule has 56 valence electrons. The zero-order valence-corrected chi connectivity index (χ0v) is 6.14. The summed E-state index contributed by atoms with van der Waals surface area (Å²) >= 11 is 0. The molecule has 0 aromatic carbocycles. The number of imidazole rings is 1. The molecule has 6 heteroatoms. The van der Waals surface area contributed by atoms with E-state index in [9.17, 15) is 8.42 Å². The molecule has 0 saturated carbocycles. The molecule has 0 aliphatic carbocycles.